The van der Waals surface area contributed by atoms with Gasteiger partial charge < -0.3 is 9.30 Å². The van der Waals surface area contributed by atoms with E-state index in [1.54, 1.807) is 12.4 Å². The molecule has 0 unspecified atom stereocenters. The first-order chi connectivity index (χ1) is 7.67. The number of rotatable bonds is 2. The van der Waals surface area contributed by atoms with E-state index in [-0.39, 0.29) is 0 Å². The van der Waals surface area contributed by atoms with E-state index < -0.39 is 5.97 Å². The summed E-state index contributed by atoms with van der Waals surface area (Å²) in [6.45, 7) is 2.00. The van der Waals surface area contributed by atoms with Crippen molar-refractivity contribution in [2.24, 2.45) is 7.05 Å². The molecule has 0 saturated heterocycles. The number of hydrogen-bond acceptors (Lipinski definition) is 4. The van der Waals surface area contributed by atoms with E-state index >= 15 is 0 Å². The lowest BCUT2D eigenvalue weighted by molar-refractivity contribution is 0.0594. The van der Waals surface area contributed by atoms with Crippen LogP contribution in [0.3, 0.4) is 0 Å². The van der Waals surface area contributed by atoms with E-state index in [4.69, 9.17) is 0 Å². The van der Waals surface area contributed by atoms with Crippen molar-refractivity contribution < 1.29 is 9.53 Å². The second-order valence-electron chi connectivity index (χ2n) is 3.52. The van der Waals surface area contributed by atoms with Crippen LogP contribution in [-0.4, -0.2) is 27.6 Å². The fraction of sp³-hybridized carbons (Fsp3) is 0.364. The zero-order valence-electron chi connectivity index (χ0n) is 9.52. The number of ether oxygens (including phenoxy) is 1. The quantitative estimate of drug-likeness (QED) is 0.715. The zero-order valence-corrected chi connectivity index (χ0v) is 9.52. The van der Waals surface area contributed by atoms with Crippen molar-refractivity contribution in [2.45, 2.75) is 13.3 Å². The van der Waals surface area contributed by atoms with Gasteiger partial charge in [-0.05, 0) is 12.5 Å². The summed E-state index contributed by atoms with van der Waals surface area (Å²) in [7, 11) is 3.26. The van der Waals surface area contributed by atoms with Gasteiger partial charge in [0.05, 0.1) is 30.2 Å². The summed E-state index contributed by atoms with van der Waals surface area (Å²) in [5.41, 5.74) is 2.91. The average molecular weight is 219 g/mol. The molecule has 0 aliphatic carbocycles. The Labute approximate surface area is 93.1 Å². The van der Waals surface area contributed by atoms with E-state index in [1.165, 1.54) is 7.11 Å². The molecule has 0 fully saturated rings. The van der Waals surface area contributed by atoms with Crippen molar-refractivity contribution in [1.82, 2.24) is 14.5 Å². The van der Waals surface area contributed by atoms with Crippen LogP contribution in [0.15, 0.2) is 12.4 Å². The molecule has 0 saturated carbocycles. The Morgan fingerprint density at radius 3 is 2.94 bits per heavy atom. The molecule has 0 radical (unpaired) electrons. The molecule has 0 aliphatic heterocycles. The summed E-state index contributed by atoms with van der Waals surface area (Å²) in [4.78, 5) is 19.9. The monoisotopic (exact) mass is 219 g/mol. The van der Waals surface area contributed by atoms with Gasteiger partial charge in [0.2, 0.25) is 0 Å². The van der Waals surface area contributed by atoms with E-state index in [9.17, 15) is 4.79 Å². The van der Waals surface area contributed by atoms with E-state index in [0.717, 1.165) is 23.1 Å². The minimum Gasteiger partial charge on any atom is -0.464 e. The molecule has 84 valence electrons. The Bertz CT molecular complexity index is 545. The van der Waals surface area contributed by atoms with Crippen LogP contribution in [0, 0.1) is 0 Å². The van der Waals surface area contributed by atoms with Gasteiger partial charge in [0.15, 0.2) is 5.69 Å². The first kappa shape index (κ1) is 10.6. The second kappa shape index (κ2) is 3.92. The van der Waals surface area contributed by atoms with Crippen LogP contribution in [0.5, 0.6) is 0 Å². The van der Waals surface area contributed by atoms with Gasteiger partial charge in [-0.25, -0.2) is 14.8 Å². The normalized spacial score (nSPS) is 10.7. The summed E-state index contributed by atoms with van der Waals surface area (Å²) in [6.07, 6.45) is 2.47. The van der Waals surface area contributed by atoms with Crippen molar-refractivity contribution in [3.05, 3.63) is 23.8 Å². The molecule has 0 N–H and O–H groups in total. The molecule has 2 rings (SSSR count). The van der Waals surface area contributed by atoms with Gasteiger partial charge in [-0.2, -0.15) is 0 Å². The third kappa shape index (κ3) is 1.54. The van der Waals surface area contributed by atoms with Gasteiger partial charge in [-0.1, -0.05) is 6.92 Å². The summed E-state index contributed by atoms with van der Waals surface area (Å²) < 4.78 is 6.56. The topological polar surface area (TPSA) is 57.0 Å². The molecular weight excluding hydrogens is 206 g/mol. The number of nitrogens with zero attached hydrogens (tertiary/aromatic N) is 3. The summed E-state index contributed by atoms with van der Waals surface area (Å²) in [6, 6.07) is 1.65. The Hall–Kier alpha value is -1.91. The van der Waals surface area contributed by atoms with Gasteiger partial charge in [0, 0.05) is 7.05 Å². The van der Waals surface area contributed by atoms with Gasteiger partial charge in [-0.15, -0.1) is 0 Å². The highest BCUT2D eigenvalue weighted by atomic mass is 16.5. The Morgan fingerprint density at radius 1 is 1.56 bits per heavy atom. The predicted molar refractivity (Wildman–Crippen MR) is 59.2 cm³/mol. The lowest BCUT2D eigenvalue weighted by Crippen LogP contribution is -2.07. The van der Waals surface area contributed by atoms with Crippen LogP contribution in [-0.2, 0) is 18.2 Å². The Kier molecular flexibility index (Phi) is 2.60. The highest BCUT2D eigenvalue weighted by molar-refractivity contribution is 5.92. The lowest BCUT2D eigenvalue weighted by atomic mass is 10.2. The van der Waals surface area contributed by atoms with Gasteiger partial charge in [-0.3, -0.25) is 0 Å². The summed E-state index contributed by atoms with van der Waals surface area (Å²) in [5, 5.41) is 0. The molecule has 5 heteroatoms. The smallest absolute Gasteiger partial charge is 0.356 e. The number of carbonyl (C=O) groups is 1. The maximum atomic E-state index is 11.4. The van der Waals surface area contributed by atoms with Crippen LogP contribution in [0.4, 0.5) is 0 Å². The first-order valence-electron chi connectivity index (χ1n) is 5.06. The number of aryl methyl sites for hydroxylation is 2. The van der Waals surface area contributed by atoms with Gasteiger partial charge in [0.25, 0.3) is 0 Å². The lowest BCUT2D eigenvalue weighted by Gasteiger charge is -2.04. The second-order valence-corrected chi connectivity index (χ2v) is 3.52. The van der Waals surface area contributed by atoms with Crippen molar-refractivity contribution >= 4 is 17.0 Å². The minimum atomic E-state index is -0.428. The third-order valence-electron chi connectivity index (χ3n) is 2.50. The number of aromatic nitrogens is 3. The number of pyridine rings is 1. The zero-order chi connectivity index (χ0) is 11.7. The fourth-order valence-corrected chi connectivity index (χ4v) is 1.72. The Morgan fingerprint density at radius 2 is 2.31 bits per heavy atom. The molecule has 2 heterocycles. The standard InChI is InChI=1S/C11H13N3O2/c1-4-7-10-8(12-6-14(10)2)5-9(13-7)11(15)16-3/h5-6H,4H2,1-3H3. The van der Waals surface area contributed by atoms with Crippen LogP contribution in [0.25, 0.3) is 11.0 Å². The summed E-state index contributed by atoms with van der Waals surface area (Å²) >= 11 is 0. The molecule has 16 heavy (non-hydrogen) atoms. The molecule has 5 nitrogen and oxygen atoms in total. The van der Waals surface area contributed by atoms with Crippen molar-refractivity contribution in [2.75, 3.05) is 7.11 Å². The van der Waals surface area contributed by atoms with Crippen LogP contribution in [0.2, 0.25) is 0 Å². The van der Waals surface area contributed by atoms with Crippen LogP contribution >= 0.6 is 0 Å². The van der Waals surface area contributed by atoms with E-state index in [2.05, 4.69) is 14.7 Å². The number of methoxy groups -OCH3 is 1. The van der Waals surface area contributed by atoms with Crippen molar-refractivity contribution in [3.63, 3.8) is 0 Å². The van der Waals surface area contributed by atoms with Crippen molar-refractivity contribution in [1.29, 1.82) is 0 Å². The van der Waals surface area contributed by atoms with Crippen LogP contribution in [0.1, 0.15) is 23.1 Å². The molecule has 0 amide bonds. The van der Waals surface area contributed by atoms with E-state index in [0.29, 0.717) is 5.69 Å². The van der Waals surface area contributed by atoms with E-state index in [1.807, 2.05) is 18.5 Å². The molecule has 0 spiro atoms. The van der Waals surface area contributed by atoms with Crippen LogP contribution < -0.4 is 0 Å². The molecule has 0 bridgehead atoms. The number of carbonyl (C=O) groups excluding carboxylic acids is 1. The highest BCUT2D eigenvalue weighted by Crippen LogP contribution is 2.17. The first-order valence-corrected chi connectivity index (χ1v) is 5.06. The molecule has 0 aromatic carbocycles. The fourth-order valence-electron chi connectivity index (χ4n) is 1.72. The largest absolute Gasteiger partial charge is 0.464 e. The number of hydrogen-bond donors (Lipinski definition) is 0. The van der Waals surface area contributed by atoms with Gasteiger partial charge >= 0.3 is 5.97 Å². The molecular formula is C11H13N3O2. The number of esters is 1. The average Bonchev–Trinajstić information content (AvgIpc) is 2.69. The molecule has 2 aromatic heterocycles. The number of imidazole rings is 1. The summed E-state index contributed by atoms with van der Waals surface area (Å²) in [5.74, 6) is -0.428. The Balaban J connectivity index is 2.69. The SMILES string of the molecule is CCc1nc(C(=O)OC)cc2ncn(C)c12. The highest BCUT2D eigenvalue weighted by Gasteiger charge is 2.14. The maximum Gasteiger partial charge on any atom is 0.356 e. The van der Waals surface area contributed by atoms with Gasteiger partial charge in [0.1, 0.15) is 0 Å². The minimum absolute atomic E-state index is 0.311. The predicted octanol–water partition coefficient (Wildman–Crippen LogP) is 1.32. The third-order valence-corrected chi connectivity index (χ3v) is 2.50. The molecule has 2 aromatic rings. The maximum absolute atomic E-state index is 11.4. The number of fused-ring (bicyclic) bond motifs is 1. The van der Waals surface area contributed by atoms with Crippen molar-refractivity contribution in [3.8, 4) is 0 Å². The molecule has 0 aliphatic rings. The molecule has 0 atom stereocenters.